The summed E-state index contributed by atoms with van der Waals surface area (Å²) in [7, 11) is 0. The Kier molecular flexibility index (Phi) is 5.75. The van der Waals surface area contributed by atoms with Crippen LogP contribution in [-0.2, 0) is 17.4 Å². The number of furan rings is 2. The molecule has 9 heteroatoms. The molecule has 2 heterocycles. The summed E-state index contributed by atoms with van der Waals surface area (Å²) < 4.78 is 50.4. The largest absolute Gasteiger partial charge is 0.464 e. The van der Waals surface area contributed by atoms with E-state index >= 15 is 0 Å². The average Bonchev–Trinajstić information content (AvgIpc) is 3.40. The van der Waals surface area contributed by atoms with Crippen LogP contribution in [0.1, 0.15) is 27.2 Å². The Morgan fingerprint density at radius 2 is 1.69 bits per heavy atom. The summed E-state index contributed by atoms with van der Waals surface area (Å²) in [4.78, 5) is 26.0. The summed E-state index contributed by atoms with van der Waals surface area (Å²) in [6.45, 7) is 1.93. The fourth-order valence-electron chi connectivity index (χ4n) is 3.98. The van der Waals surface area contributed by atoms with Gasteiger partial charge in [0.1, 0.15) is 16.9 Å². The molecule has 2 aromatic heterocycles. The topological polar surface area (TPSA) is 84.5 Å². The molecule has 0 unspecified atom stereocenters. The molecule has 0 radical (unpaired) electrons. The van der Waals surface area contributed by atoms with E-state index in [0.717, 1.165) is 23.1 Å². The van der Waals surface area contributed by atoms with E-state index in [-0.39, 0.29) is 23.6 Å². The number of fused-ring (bicyclic) bond motifs is 2. The van der Waals surface area contributed by atoms with Crippen molar-refractivity contribution >= 4 is 45.1 Å². The van der Waals surface area contributed by atoms with E-state index in [1.165, 1.54) is 18.4 Å². The Morgan fingerprint density at radius 3 is 2.50 bits per heavy atom. The maximum atomic E-state index is 13.1. The number of nitrogens with one attached hydrogen (secondary N) is 2. The van der Waals surface area contributed by atoms with Crippen LogP contribution in [-0.4, -0.2) is 11.8 Å². The molecule has 2 N–H and O–H groups in total. The van der Waals surface area contributed by atoms with Crippen LogP contribution < -0.4 is 10.6 Å². The van der Waals surface area contributed by atoms with Crippen LogP contribution in [0.15, 0.2) is 81.8 Å². The zero-order chi connectivity index (χ0) is 25.4. The Labute approximate surface area is 202 Å². The molecule has 0 bridgehead atoms. The minimum atomic E-state index is -4.56. The highest BCUT2D eigenvalue weighted by Gasteiger charge is 2.31. The molecule has 6 nitrogen and oxygen atoms in total. The summed E-state index contributed by atoms with van der Waals surface area (Å²) in [5.74, 6) is -1.45. The lowest BCUT2D eigenvalue weighted by molar-refractivity contribution is -0.137. The second-order valence-corrected chi connectivity index (χ2v) is 8.32. The molecule has 0 aliphatic heterocycles. The molecule has 0 aliphatic carbocycles. The van der Waals surface area contributed by atoms with Gasteiger partial charge in [-0.25, -0.2) is 0 Å². The molecular weight excluding hydrogens is 473 g/mol. The van der Waals surface area contributed by atoms with Crippen LogP contribution >= 0.6 is 0 Å². The van der Waals surface area contributed by atoms with Crippen molar-refractivity contribution in [3.8, 4) is 0 Å². The zero-order valence-electron chi connectivity index (χ0n) is 18.9. The molecule has 0 atom stereocenters. The lowest BCUT2D eigenvalue weighted by atomic mass is 10.1. The number of benzene rings is 3. The van der Waals surface area contributed by atoms with Crippen molar-refractivity contribution in [1.29, 1.82) is 0 Å². The van der Waals surface area contributed by atoms with Gasteiger partial charge in [0.25, 0.3) is 5.91 Å². The van der Waals surface area contributed by atoms with Crippen molar-refractivity contribution in [2.45, 2.75) is 19.5 Å². The van der Waals surface area contributed by atoms with Crippen LogP contribution in [0, 0.1) is 6.92 Å². The van der Waals surface area contributed by atoms with Gasteiger partial charge in [0, 0.05) is 22.0 Å². The van der Waals surface area contributed by atoms with Gasteiger partial charge in [0.05, 0.1) is 18.2 Å². The van der Waals surface area contributed by atoms with Crippen molar-refractivity contribution in [3.05, 3.63) is 95.4 Å². The predicted octanol–water partition coefficient (Wildman–Crippen LogP) is 6.94. The van der Waals surface area contributed by atoms with E-state index in [2.05, 4.69) is 10.6 Å². The van der Waals surface area contributed by atoms with E-state index in [9.17, 15) is 22.8 Å². The Hall–Kier alpha value is -4.53. The van der Waals surface area contributed by atoms with E-state index in [1.807, 2.05) is 25.1 Å². The summed E-state index contributed by atoms with van der Waals surface area (Å²) in [5, 5.41) is 6.45. The highest BCUT2D eigenvalue weighted by atomic mass is 19.4. The number of hydrogen-bond donors (Lipinski definition) is 2. The fraction of sp³-hybridized carbons (Fsp3) is 0.111. The number of rotatable bonds is 5. The minimum absolute atomic E-state index is 0.0232. The number of aryl methyl sites for hydroxylation is 1. The van der Waals surface area contributed by atoms with E-state index in [1.54, 1.807) is 24.3 Å². The number of alkyl halides is 3. The quantitative estimate of drug-likeness (QED) is 0.278. The summed E-state index contributed by atoms with van der Waals surface area (Å²) in [6.07, 6.45) is -3.07. The van der Waals surface area contributed by atoms with Gasteiger partial charge < -0.3 is 19.5 Å². The first-order valence-electron chi connectivity index (χ1n) is 11.0. The number of amides is 2. The lowest BCUT2D eigenvalue weighted by Gasteiger charge is -2.10. The third-order valence-corrected chi connectivity index (χ3v) is 5.67. The summed E-state index contributed by atoms with van der Waals surface area (Å²) in [6, 6.07) is 16.6. The highest BCUT2D eigenvalue weighted by Crippen LogP contribution is 2.34. The second-order valence-electron chi connectivity index (χ2n) is 8.32. The van der Waals surface area contributed by atoms with Crippen LogP contribution in [0.3, 0.4) is 0 Å². The zero-order valence-corrected chi connectivity index (χ0v) is 18.9. The van der Waals surface area contributed by atoms with Crippen molar-refractivity contribution in [3.63, 3.8) is 0 Å². The molecule has 36 heavy (non-hydrogen) atoms. The molecule has 5 rings (SSSR count). The maximum Gasteiger partial charge on any atom is 0.416 e. The van der Waals surface area contributed by atoms with Gasteiger partial charge in [0.15, 0.2) is 0 Å². The third kappa shape index (κ3) is 4.55. The number of carbonyl (C=O) groups excluding carboxylic acids is 2. The third-order valence-electron chi connectivity index (χ3n) is 5.67. The normalized spacial score (nSPS) is 11.7. The van der Waals surface area contributed by atoms with Gasteiger partial charge in [0.2, 0.25) is 11.7 Å². The SMILES string of the molecule is Cc1ccc2occ(CC(=O)Nc3c(C(=O)Nc4cccc(C(F)(F)F)c4)oc4ccccc34)c2c1. The highest BCUT2D eigenvalue weighted by molar-refractivity contribution is 6.14. The van der Waals surface area contributed by atoms with Gasteiger partial charge in [-0.05, 0) is 49.4 Å². The fourth-order valence-corrected chi connectivity index (χ4v) is 3.98. The molecular formula is C27H19F3N2O4. The van der Waals surface area contributed by atoms with Gasteiger partial charge in [-0.2, -0.15) is 13.2 Å². The molecule has 2 amide bonds. The smallest absolute Gasteiger partial charge is 0.416 e. The van der Waals surface area contributed by atoms with Crippen LogP contribution in [0.2, 0.25) is 0 Å². The number of halogens is 3. The summed E-state index contributed by atoms with van der Waals surface area (Å²) in [5.41, 5.74) is 1.84. The van der Waals surface area contributed by atoms with E-state index in [4.69, 9.17) is 8.83 Å². The molecule has 0 saturated carbocycles. The minimum Gasteiger partial charge on any atom is -0.464 e. The predicted molar refractivity (Wildman–Crippen MR) is 129 cm³/mol. The van der Waals surface area contributed by atoms with Gasteiger partial charge in [-0.1, -0.05) is 29.8 Å². The molecule has 5 aromatic rings. The van der Waals surface area contributed by atoms with Crippen LogP contribution in [0.4, 0.5) is 24.5 Å². The summed E-state index contributed by atoms with van der Waals surface area (Å²) >= 11 is 0. The van der Waals surface area contributed by atoms with Gasteiger partial charge >= 0.3 is 6.18 Å². The Balaban J connectivity index is 1.43. The first kappa shape index (κ1) is 23.2. The second kappa shape index (κ2) is 8.92. The Bertz CT molecular complexity index is 1610. The number of anilines is 2. The monoisotopic (exact) mass is 492 g/mol. The van der Waals surface area contributed by atoms with Gasteiger partial charge in [-0.15, -0.1) is 0 Å². The van der Waals surface area contributed by atoms with Crippen LogP contribution in [0.25, 0.3) is 21.9 Å². The van der Waals surface area contributed by atoms with Crippen molar-refractivity contribution in [2.75, 3.05) is 10.6 Å². The number of hydrogen-bond acceptors (Lipinski definition) is 4. The molecule has 3 aromatic carbocycles. The number of para-hydroxylation sites is 1. The standard InChI is InChI=1S/C27H19F3N2O4/c1-15-9-10-21-20(11-15)16(14-35-21)12-23(33)32-24-19-7-2-3-8-22(19)36-25(24)26(34)31-18-6-4-5-17(13-18)27(28,29)30/h2-11,13-14H,12H2,1H3,(H,31,34)(H,32,33). The lowest BCUT2D eigenvalue weighted by Crippen LogP contribution is -2.18. The maximum absolute atomic E-state index is 13.1. The number of carbonyl (C=O) groups is 2. The first-order chi connectivity index (χ1) is 17.2. The molecule has 182 valence electrons. The van der Waals surface area contributed by atoms with Crippen molar-refractivity contribution in [1.82, 2.24) is 0 Å². The molecule has 0 fully saturated rings. The van der Waals surface area contributed by atoms with Gasteiger partial charge in [-0.3, -0.25) is 9.59 Å². The van der Waals surface area contributed by atoms with Crippen molar-refractivity contribution in [2.24, 2.45) is 0 Å². The molecule has 0 spiro atoms. The molecule has 0 saturated heterocycles. The molecule has 0 aliphatic rings. The van der Waals surface area contributed by atoms with Crippen molar-refractivity contribution < 1.29 is 31.6 Å². The van der Waals surface area contributed by atoms with Crippen LogP contribution in [0.5, 0.6) is 0 Å². The van der Waals surface area contributed by atoms with E-state index in [0.29, 0.717) is 22.1 Å². The van der Waals surface area contributed by atoms with E-state index < -0.39 is 23.6 Å². The average molecular weight is 492 g/mol. The first-order valence-corrected chi connectivity index (χ1v) is 11.0. The Morgan fingerprint density at radius 1 is 0.889 bits per heavy atom.